The topological polar surface area (TPSA) is 49.3 Å². The summed E-state index contributed by atoms with van der Waals surface area (Å²) < 4.78 is 0. The van der Waals surface area contributed by atoms with Crippen LogP contribution in [0, 0.1) is 5.92 Å². The molecule has 2 N–H and O–H groups in total. The molecule has 0 aliphatic heterocycles. The Balaban J connectivity index is 2.03. The van der Waals surface area contributed by atoms with Crippen molar-refractivity contribution in [1.29, 1.82) is 0 Å². The van der Waals surface area contributed by atoms with E-state index in [2.05, 4.69) is 11.9 Å². The number of rotatable bonds is 6. The number of amides is 1. The third-order valence-corrected chi connectivity index (χ3v) is 3.77. The second-order valence-electron chi connectivity index (χ2n) is 5.35. The van der Waals surface area contributed by atoms with Gasteiger partial charge in [-0.05, 0) is 23.3 Å². The van der Waals surface area contributed by atoms with E-state index in [9.17, 15) is 9.90 Å². The van der Waals surface area contributed by atoms with Crippen molar-refractivity contribution in [3.05, 3.63) is 78.4 Å². The number of phenolic OH excluding ortho intramolecular Hbond substituents is 1. The summed E-state index contributed by atoms with van der Waals surface area (Å²) in [5.41, 5.74) is 1.95. The van der Waals surface area contributed by atoms with E-state index in [1.807, 2.05) is 43.3 Å². The van der Waals surface area contributed by atoms with E-state index in [-0.39, 0.29) is 23.5 Å². The van der Waals surface area contributed by atoms with Gasteiger partial charge in [0.25, 0.3) is 0 Å². The molecule has 3 nitrogen and oxygen atoms in total. The predicted molar refractivity (Wildman–Crippen MR) is 88.5 cm³/mol. The summed E-state index contributed by atoms with van der Waals surface area (Å²) in [6.07, 6.45) is 1.75. The summed E-state index contributed by atoms with van der Waals surface area (Å²) in [7, 11) is 0. The van der Waals surface area contributed by atoms with Crippen molar-refractivity contribution in [1.82, 2.24) is 5.32 Å². The van der Waals surface area contributed by atoms with Crippen LogP contribution in [-0.4, -0.2) is 11.0 Å². The molecule has 0 unspecified atom stereocenters. The first-order valence-corrected chi connectivity index (χ1v) is 7.35. The van der Waals surface area contributed by atoms with Crippen LogP contribution >= 0.6 is 0 Å². The van der Waals surface area contributed by atoms with E-state index < -0.39 is 0 Å². The molecule has 0 fully saturated rings. The van der Waals surface area contributed by atoms with Crippen LogP contribution < -0.4 is 5.32 Å². The first-order chi connectivity index (χ1) is 10.6. The van der Waals surface area contributed by atoms with Gasteiger partial charge in [0.2, 0.25) is 5.91 Å². The molecule has 2 rings (SSSR count). The van der Waals surface area contributed by atoms with Crippen molar-refractivity contribution in [3.8, 4) is 5.75 Å². The zero-order chi connectivity index (χ0) is 15.9. The van der Waals surface area contributed by atoms with E-state index in [1.165, 1.54) is 0 Å². The number of carbonyl (C=O) groups is 1. The fraction of sp³-hybridized carbons (Fsp3) is 0.211. The summed E-state index contributed by atoms with van der Waals surface area (Å²) in [6.45, 7) is 6.21. The standard InChI is InChI=1S/C19H21NO2/c1-3-18(16-10-7-11-17(21)12-16)14(2)19(22)20-13-15-8-5-4-6-9-15/h3-12,14,18,21H,1,13H2,2H3,(H,20,22)/t14-,18-/m1/s1. The fourth-order valence-electron chi connectivity index (χ4n) is 2.47. The number of carbonyl (C=O) groups excluding carboxylic acids is 1. The van der Waals surface area contributed by atoms with E-state index in [1.54, 1.807) is 24.3 Å². The van der Waals surface area contributed by atoms with Crippen LogP contribution in [0.3, 0.4) is 0 Å². The number of hydrogen-bond donors (Lipinski definition) is 2. The summed E-state index contributed by atoms with van der Waals surface area (Å²) in [5.74, 6) is -0.232. The van der Waals surface area contributed by atoms with E-state index in [0.717, 1.165) is 11.1 Å². The molecule has 0 aliphatic carbocycles. The van der Waals surface area contributed by atoms with Gasteiger partial charge in [-0.1, -0.05) is 55.5 Å². The molecule has 0 aromatic heterocycles. The van der Waals surface area contributed by atoms with Gasteiger partial charge in [0, 0.05) is 18.4 Å². The summed E-state index contributed by atoms with van der Waals surface area (Å²) in [6, 6.07) is 16.8. The molecule has 2 aromatic rings. The van der Waals surface area contributed by atoms with E-state index in [0.29, 0.717) is 6.54 Å². The van der Waals surface area contributed by atoms with Crippen LogP contribution in [0.25, 0.3) is 0 Å². The molecule has 0 aliphatic rings. The normalized spacial score (nSPS) is 13.1. The Morgan fingerprint density at radius 2 is 1.95 bits per heavy atom. The number of hydrogen-bond acceptors (Lipinski definition) is 2. The molecule has 0 radical (unpaired) electrons. The molecular weight excluding hydrogens is 274 g/mol. The number of allylic oxidation sites excluding steroid dienone is 1. The Labute approximate surface area is 131 Å². The maximum atomic E-state index is 12.4. The van der Waals surface area contributed by atoms with Gasteiger partial charge in [-0.2, -0.15) is 0 Å². The smallest absolute Gasteiger partial charge is 0.224 e. The van der Waals surface area contributed by atoms with Crippen molar-refractivity contribution in [3.63, 3.8) is 0 Å². The minimum Gasteiger partial charge on any atom is -0.508 e. The molecule has 0 bridgehead atoms. The lowest BCUT2D eigenvalue weighted by Gasteiger charge is -2.21. The molecule has 1 amide bonds. The molecule has 22 heavy (non-hydrogen) atoms. The van der Waals surface area contributed by atoms with Gasteiger partial charge >= 0.3 is 0 Å². The zero-order valence-electron chi connectivity index (χ0n) is 12.7. The summed E-state index contributed by atoms with van der Waals surface area (Å²) >= 11 is 0. The second-order valence-corrected chi connectivity index (χ2v) is 5.35. The third-order valence-electron chi connectivity index (χ3n) is 3.77. The molecule has 0 saturated heterocycles. The van der Waals surface area contributed by atoms with Crippen LogP contribution in [0.4, 0.5) is 0 Å². The van der Waals surface area contributed by atoms with Crippen LogP contribution in [-0.2, 0) is 11.3 Å². The molecular formula is C19H21NO2. The van der Waals surface area contributed by atoms with Crippen molar-refractivity contribution < 1.29 is 9.90 Å². The lowest BCUT2D eigenvalue weighted by atomic mass is 9.86. The fourth-order valence-corrected chi connectivity index (χ4v) is 2.47. The van der Waals surface area contributed by atoms with Crippen LogP contribution in [0.5, 0.6) is 5.75 Å². The third kappa shape index (κ3) is 3.98. The van der Waals surface area contributed by atoms with Crippen molar-refractivity contribution >= 4 is 5.91 Å². The van der Waals surface area contributed by atoms with Crippen molar-refractivity contribution in [2.24, 2.45) is 5.92 Å². The summed E-state index contributed by atoms with van der Waals surface area (Å²) in [5, 5.41) is 12.5. The van der Waals surface area contributed by atoms with Gasteiger partial charge in [0.1, 0.15) is 5.75 Å². The highest BCUT2D eigenvalue weighted by molar-refractivity contribution is 5.79. The van der Waals surface area contributed by atoms with Gasteiger partial charge in [-0.15, -0.1) is 6.58 Å². The van der Waals surface area contributed by atoms with E-state index in [4.69, 9.17) is 0 Å². The number of nitrogens with one attached hydrogen (secondary N) is 1. The Morgan fingerprint density at radius 1 is 1.23 bits per heavy atom. The van der Waals surface area contributed by atoms with Gasteiger partial charge in [-0.25, -0.2) is 0 Å². The molecule has 0 spiro atoms. The van der Waals surface area contributed by atoms with Crippen LogP contribution in [0.2, 0.25) is 0 Å². The lowest BCUT2D eigenvalue weighted by Crippen LogP contribution is -2.31. The highest BCUT2D eigenvalue weighted by Gasteiger charge is 2.23. The Bertz CT molecular complexity index is 637. The molecule has 114 valence electrons. The lowest BCUT2D eigenvalue weighted by molar-refractivity contribution is -0.125. The van der Waals surface area contributed by atoms with Gasteiger partial charge in [0.05, 0.1) is 0 Å². The number of aromatic hydroxyl groups is 1. The minimum atomic E-state index is -0.261. The Kier molecular flexibility index (Phi) is 5.37. The molecule has 0 saturated carbocycles. The van der Waals surface area contributed by atoms with Crippen LogP contribution in [0.1, 0.15) is 24.0 Å². The minimum absolute atomic E-state index is 0.0305. The monoisotopic (exact) mass is 295 g/mol. The SMILES string of the molecule is C=C[C@@H](c1cccc(O)c1)[C@@H](C)C(=O)NCc1ccccc1. The maximum Gasteiger partial charge on any atom is 0.224 e. The first-order valence-electron chi connectivity index (χ1n) is 7.35. The average molecular weight is 295 g/mol. The Morgan fingerprint density at radius 3 is 2.59 bits per heavy atom. The van der Waals surface area contributed by atoms with Crippen LogP contribution in [0.15, 0.2) is 67.3 Å². The maximum absolute atomic E-state index is 12.4. The average Bonchev–Trinajstić information content (AvgIpc) is 2.54. The van der Waals surface area contributed by atoms with Crippen molar-refractivity contribution in [2.75, 3.05) is 0 Å². The number of benzene rings is 2. The van der Waals surface area contributed by atoms with Gasteiger partial charge < -0.3 is 10.4 Å². The quantitative estimate of drug-likeness (QED) is 0.800. The second kappa shape index (κ2) is 7.46. The number of phenols is 1. The molecule has 2 aromatic carbocycles. The Hall–Kier alpha value is -2.55. The van der Waals surface area contributed by atoms with Crippen molar-refractivity contribution in [2.45, 2.75) is 19.4 Å². The van der Waals surface area contributed by atoms with Gasteiger partial charge in [-0.3, -0.25) is 4.79 Å². The molecule has 3 heteroatoms. The zero-order valence-corrected chi connectivity index (χ0v) is 12.7. The van der Waals surface area contributed by atoms with E-state index >= 15 is 0 Å². The molecule has 0 heterocycles. The van der Waals surface area contributed by atoms with Gasteiger partial charge in [0.15, 0.2) is 0 Å². The highest BCUT2D eigenvalue weighted by Crippen LogP contribution is 2.28. The molecule has 2 atom stereocenters. The largest absolute Gasteiger partial charge is 0.508 e. The highest BCUT2D eigenvalue weighted by atomic mass is 16.3. The first kappa shape index (κ1) is 15.8. The predicted octanol–water partition coefficient (Wildman–Crippen LogP) is 3.61. The summed E-state index contributed by atoms with van der Waals surface area (Å²) in [4.78, 5) is 12.4.